The number of anilines is 1. The van der Waals surface area contributed by atoms with Gasteiger partial charge < -0.3 is 15.0 Å². The van der Waals surface area contributed by atoms with Gasteiger partial charge in [-0.2, -0.15) is 5.10 Å². The van der Waals surface area contributed by atoms with Gasteiger partial charge in [-0.05, 0) is 48.8 Å². The Balaban J connectivity index is 1.25. The van der Waals surface area contributed by atoms with Crippen LogP contribution in [0.15, 0.2) is 61.0 Å². The molecule has 3 N–H and O–H groups in total. The van der Waals surface area contributed by atoms with Crippen molar-refractivity contribution < 1.29 is 13.9 Å². The molecule has 0 bridgehead atoms. The van der Waals surface area contributed by atoms with Crippen molar-refractivity contribution in [3.63, 3.8) is 0 Å². The molecule has 11 heteroatoms. The molecule has 0 aliphatic heterocycles. The van der Waals surface area contributed by atoms with Crippen LogP contribution in [0.3, 0.4) is 0 Å². The maximum absolute atomic E-state index is 14.3. The predicted octanol–water partition coefficient (Wildman–Crippen LogP) is 5.35. The Morgan fingerprint density at radius 3 is 2.83 bits per heavy atom. The largest absolute Gasteiger partial charge is 0.377 e. The Morgan fingerprint density at radius 1 is 1.12 bits per heavy atom. The summed E-state index contributed by atoms with van der Waals surface area (Å²) in [5, 5.41) is 11.1. The number of allylic oxidation sites excluding steroid dienone is 2. The molecule has 7 rings (SSSR count). The van der Waals surface area contributed by atoms with Gasteiger partial charge >= 0.3 is 0 Å². The van der Waals surface area contributed by atoms with Gasteiger partial charge in [0.05, 0.1) is 28.9 Å². The zero-order valence-corrected chi connectivity index (χ0v) is 21.6. The number of rotatable bonds is 6. The van der Waals surface area contributed by atoms with Crippen LogP contribution in [0.1, 0.15) is 31.2 Å². The number of aromatic nitrogens is 7. The first-order valence-electron chi connectivity index (χ1n) is 13.1. The van der Waals surface area contributed by atoms with Crippen molar-refractivity contribution in [2.45, 2.75) is 31.8 Å². The third-order valence-electron chi connectivity index (χ3n) is 7.54. The molecule has 40 heavy (non-hydrogen) atoms. The number of H-pyrrole nitrogens is 2. The number of hydrogen-bond acceptors (Lipinski definition) is 7. The first kappa shape index (κ1) is 24.3. The molecule has 1 saturated carbocycles. The van der Waals surface area contributed by atoms with Crippen LogP contribution in [0.5, 0.6) is 0 Å². The molecule has 0 saturated heterocycles. The fraction of sp³-hybridized carbons (Fsp3) is 0.241. The maximum atomic E-state index is 14.3. The number of halogens is 1. The van der Waals surface area contributed by atoms with Crippen LogP contribution in [0.4, 0.5) is 10.1 Å². The first-order chi connectivity index (χ1) is 19.6. The second kappa shape index (κ2) is 9.76. The lowest BCUT2D eigenvalue weighted by molar-refractivity contribution is -0.122. The van der Waals surface area contributed by atoms with Crippen molar-refractivity contribution >= 4 is 39.4 Å². The molecule has 0 radical (unpaired) electrons. The van der Waals surface area contributed by atoms with Crippen molar-refractivity contribution in [3.8, 4) is 22.6 Å². The van der Waals surface area contributed by atoms with Crippen molar-refractivity contribution in [2.75, 3.05) is 12.4 Å². The minimum atomic E-state index is -0.342. The molecule has 5 aromatic heterocycles. The highest BCUT2D eigenvalue weighted by molar-refractivity contribution is 5.97. The molecule has 0 aromatic carbocycles. The number of nitrogens with one attached hydrogen (secondary N) is 3. The van der Waals surface area contributed by atoms with Gasteiger partial charge in [0.15, 0.2) is 17.1 Å². The van der Waals surface area contributed by atoms with Crippen molar-refractivity contribution in [1.29, 1.82) is 0 Å². The topological polar surface area (TPSA) is 134 Å². The molecule has 1 fully saturated rings. The van der Waals surface area contributed by atoms with E-state index in [2.05, 4.69) is 35.5 Å². The smallest absolute Gasteiger partial charge is 0.227 e. The Bertz CT molecular complexity index is 1830. The molecule has 2 aliphatic carbocycles. The van der Waals surface area contributed by atoms with Crippen LogP contribution in [-0.4, -0.2) is 54.2 Å². The van der Waals surface area contributed by atoms with E-state index in [9.17, 15) is 9.18 Å². The standard InChI is InChI=1S/C29H25FN8O2/c1-40-21-9-16(7-19(30)11-21)22-5-6-32-27-24(22)35-28(36-27)25-23-10-18(13-33-26(23)38-37-25)17-8-20(14-31-12-17)34-29(39)15-3-2-4-15/h5-10,12-15,21H,2-4,11H2,1H3,(H,34,39)(H,32,35,36)(H,33,37,38). The highest BCUT2D eigenvalue weighted by atomic mass is 19.1. The van der Waals surface area contributed by atoms with E-state index < -0.39 is 0 Å². The monoisotopic (exact) mass is 536 g/mol. The molecule has 1 unspecified atom stereocenters. The molecule has 1 atom stereocenters. The average Bonchev–Trinajstić information content (AvgIpc) is 3.55. The SMILES string of the molecule is COC1C=C(c2ccnc3nc(-c4[nH]nc5ncc(-c6cncc(NC(=O)C7CCC7)c6)cc45)[nH]c23)C=C(F)C1. The van der Waals surface area contributed by atoms with Gasteiger partial charge in [0.1, 0.15) is 11.5 Å². The van der Waals surface area contributed by atoms with E-state index in [0.717, 1.165) is 41.3 Å². The molecule has 5 aromatic rings. The van der Waals surface area contributed by atoms with Crippen LogP contribution in [0.25, 0.3) is 50.4 Å². The average molecular weight is 537 g/mol. The molecule has 5 heterocycles. The van der Waals surface area contributed by atoms with Gasteiger partial charge in [-0.15, -0.1) is 0 Å². The summed E-state index contributed by atoms with van der Waals surface area (Å²) in [6, 6.07) is 5.68. The number of carbonyl (C=O) groups excluding carboxylic acids is 1. The van der Waals surface area contributed by atoms with Gasteiger partial charge in [0.25, 0.3) is 0 Å². The summed E-state index contributed by atoms with van der Waals surface area (Å²) in [6.45, 7) is 0. The van der Waals surface area contributed by atoms with Crippen molar-refractivity contribution in [1.82, 2.24) is 35.1 Å². The summed E-state index contributed by atoms with van der Waals surface area (Å²) in [5.74, 6) is 0.405. The number of carbonyl (C=O) groups is 1. The zero-order chi connectivity index (χ0) is 27.2. The Morgan fingerprint density at radius 2 is 2.00 bits per heavy atom. The molecule has 1 amide bonds. The van der Waals surface area contributed by atoms with E-state index in [1.165, 1.54) is 6.08 Å². The number of methoxy groups -OCH3 is 1. The van der Waals surface area contributed by atoms with Gasteiger partial charge in [-0.3, -0.25) is 14.9 Å². The van der Waals surface area contributed by atoms with Crippen molar-refractivity contribution in [3.05, 3.63) is 66.5 Å². The van der Waals surface area contributed by atoms with Gasteiger partial charge in [0.2, 0.25) is 5.91 Å². The summed E-state index contributed by atoms with van der Waals surface area (Å²) in [7, 11) is 1.57. The van der Waals surface area contributed by atoms with Crippen LogP contribution >= 0.6 is 0 Å². The van der Waals surface area contributed by atoms with Gasteiger partial charge in [0, 0.05) is 54.7 Å². The van der Waals surface area contributed by atoms with Gasteiger partial charge in [-0.1, -0.05) is 6.42 Å². The number of fused-ring (bicyclic) bond motifs is 2. The highest BCUT2D eigenvalue weighted by Crippen LogP contribution is 2.34. The zero-order valence-electron chi connectivity index (χ0n) is 21.6. The van der Waals surface area contributed by atoms with E-state index in [0.29, 0.717) is 39.6 Å². The molecule has 2 aliphatic rings. The second-order valence-corrected chi connectivity index (χ2v) is 10.1. The Hall–Kier alpha value is -4.77. The number of ether oxygens (including phenoxy) is 1. The van der Waals surface area contributed by atoms with Crippen LogP contribution in [-0.2, 0) is 9.53 Å². The second-order valence-electron chi connectivity index (χ2n) is 10.1. The lowest BCUT2D eigenvalue weighted by Crippen LogP contribution is -2.28. The summed E-state index contributed by atoms with van der Waals surface area (Å²) >= 11 is 0. The van der Waals surface area contributed by atoms with E-state index in [1.54, 1.807) is 31.9 Å². The Labute approximate surface area is 227 Å². The minimum absolute atomic E-state index is 0.0359. The van der Waals surface area contributed by atoms with Crippen molar-refractivity contribution in [2.24, 2.45) is 5.92 Å². The predicted molar refractivity (Wildman–Crippen MR) is 149 cm³/mol. The lowest BCUT2D eigenvalue weighted by Gasteiger charge is -2.24. The number of hydrogen-bond donors (Lipinski definition) is 3. The van der Waals surface area contributed by atoms with Crippen LogP contribution in [0.2, 0.25) is 0 Å². The van der Waals surface area contributed by atoms with E-state index in [4.69, 9.17) is 9.72 Å². The lowest BCUT2D eigenvalue weighted by atomic mass is 9.85. The summed E-state index contributed by atoms with van der Waals surface area (Å²) in [4.78, 5) is 33.7. The fourth-order valence-corrected chi connectivity index (χ4v) is 5.14. The van der Waals surface area contributed by atoms with Gasteiger partial charge in [-0.25, -0.2) is 19.3 Å². The number of pyridine rings is 3. The number of imidazole rings is 1. The first-order valence-corrected chi connectivity index (χ1v) is 13.1. The normalized spacial score (nSPS) is 17.5. The third-order valence-corrected chi connectivity index (χ3v) is 7.54. The number of nitrogens with zero attached hydrogens (tertiary/aromatic N) is 5. The van der Waals surface area contributed by atoms with Crippen LogP contribution < -0.4 is 5.32 Å². The molecule has 200 valence electrons. The third kappa shape index (κ3) is 4.34. The fourth-order valence-electron chi connectivity index (χ4n) is 5.14. The Kier molecular flexibility index (Phi) is 5.93. The maximum Gasteiger partial charge on any atom is 0.227 e. The molecular weight excluding hydrogens is 511 g/mol. The van der Waals surface area contributed by atoms with E-state index in [-0.39, 0.29) is 30.2 Å². The summed E-state index contributed by atoms with van der Waals surface area (Å²) < 4.78 is 19.7. The quantitative estimate of drug-likeness (QED) is 0.266. The highest BCUT2D eigenvalue weighted by Gasteiger charge is 2.25. The summed E-state index contributed by atoms with van der Waals surface area (Å²) in [6.07, 6.45) is 13.0. The summed E-state index contributed by atoms with van der Waals surface area (Å²) in [5.41, 5.74) is 6.09. The van der Waals surface area contributed by atoms with E-state index in [1.807, 2.05) is 24.3 Å². The molecular formula is C29H25FN8O2. The number of amides is 1. The number of aromatic amines is 2. The van der Waals surface area contributed by atoms with E-state index >= 15 is 0 Å². The molecule has 0 spiro atoms. The van der Waals surface area contributed by atoms with Crippen LogP contribution in [0, 0.1) is 5.92 Å². The molecule has 10 nitrogen and oxygen atoms in total. The minimum Gasteiger partial charge on any atom is -0.377 e.